The number of anilines is 2. The number of nitrogens with zero attached hydrogens (tertiary/aromatic N) is 2. The molecule has 2 aliphatic rings. The van der Waals surface area contributed by atoms with Crippen molar-refractivity contribution in [1.82, 2.24) is 14.7 Å². The van der Waals surface area contributed by atoms with Crippen molar-refractivity contribution in [1.29, 1.82) is 0 Å². The van der Waals surface area contributed by atoms with Gasteiger partial charge in [-0.1, -0.05) is 25.5 Å². The Bertz CT molecular complexity index is 823. The fourth-order valence-corrected chi connectivity index (χ4v) is 4.95. The Balaban J connectivity index is 1.51. The van der Waals surface area contributed by atoms with Gasteiger partial charge in [0.1, 0.15) is 6.33 Å². The third-order valence-corrected chi connectivity index (χ3v) is 6.43. The van der Waals surface area contributed by atoms with E-state index in [9.17, 15) is 0 Å². The molecule has 0 amide bonds. The fourth-order valence-electron chi connectivity index (χ4n) is 4.32. The van der Waals surface area contributed by atoms with Gasteiger partial charge in [0.05, 0.1) is 11.4 Å². The summed E-state index contributed by atoms with van der Waals surface area (Å²) in [7, 11) is 0. The van der Waals surface area contributed by atoms with E-state index in [4.69, 9.17) is 0 Å². The molecule has 6 heteroatoms. The first-order valence-corrected chi connectivity index (χ1v) is 11.0. The molecular formula is C22H29N5S. The van der Waals surface area contributed by atoms with Crippen LogP contribution < -0.4 is 15.4 Å². The topological polar surface area (TPSA) is 61.9 Å². The molecule has 148 valence electrons. The molecule has 2 bridgehead atoms. The zero-order chi connectivity index (χ0) is 19.3. The lowest BCUT2D eigenvalue weighted by atomic mass is 9.82. The minimum Gasteiger partial charge on any atom is -0.379 e. The predicted molar refractivity (Wildman–Crippen MR) is 117 cm³/mol. The first-order chi connectivity index (χ1) is 13.7. The predicted octanol–water partition coefficient (Wildman–Crippen LogP) is 4.86. The smallest absolute Gasteiger partial charge is 0.115 e. The summed E-state index contributed by atoms with van der Waals surface area (Å²) < 4.78 is 3.33. The zero-order valence-electron chi connectivity index (χ0n) is 16.6. The maximum atomic E-state index is 4.12. The van der Waals surface area contributed by atoms with Gasteiger partial charge < -0.3 is 10.6 Å². The Morgan fingerprint density at radius 3 is 2.82 bits per heavy atom. The van der Waals surface area contributed by atoms with Crippen molar-refractivity contribution in [3.8, 4) is 0 Å². The number of benzene rings is 1. The van der Waals surface area contributed by atoms with Crippen LogP contribution in [0.15, 0.2) is 53.5 Å². The van der Waals surface area contributed by atoms with E-state index >= 15 is 0 Å². The molecule has 28 heavy (non-hydrogen) atoms. The summed E-state index contributed by atoms with van der Waals surface area (Å²) in [5.74, 6) is 1.54. The molecule has 1 aromatic carbocycles. The highest BCUT2D eigenvalue weighted by molar-refractivity contribution is 7.97. The maximum Gasteiger partial charge on any atom is 0.115 e. The van der Waals surface area contributed by atoms with Crippen LogP contribution in [0.2, 0.25) is 0 Å². The molecule has 3 unspecified atom stereocenters. The highest BCUT2D eigenvalue weighted by atomic mass is 32.2. The van der Waals surface area contributed by atoms with Crippen molar-refractivity contribution in [2.45, 2.75) is 50.6 Å². The van der Waals surface area contributed by atoms with Crippen molar-refractivity contribution in [3.05, 3.63) is 54.1 Å². The Kier molecular flexibility index (Phi) is 6.17. The van der Waals surface area contributed by atoms with Gasteiger partial charge in [-0.05, 0) is 61.2 Å². The largest absolute Gasteiger partial charge is 0.379 e. The second kappa shape index (κ2) is 8.97. The summed E-state index contributed by atoms with van der Waals surface area (Å²) in [5.41, 5.74) is 5.00. The van der Waals surface area contributed by atoms with Gasteiger partial charge in [-0.2, -0.15) is 0 Å². The minimum absolute atomic E-state index is 0.438. The lowest BCUT2D eigenvalue weighted by Crippen LogP contribution is -2.26. The first-order valence-electron chi connectivity index (χ1n) is 10.2. The van der Waals surface area contributed by atoms with Crippen LogP contribution in [0.3, 0.4) is 0 Å². The average molecular weight is 396 g/mol. The van der Waals surface area contributed by atoms with Crippen LogP contribution in [0, 0.1) is 11.8 Å². The number of hydrogen-bond acceptors (Lipinski definition) is 6. The molecule has 0 spiro atoms. The fraction of sp³-hybridized carbons (Fsp3) is 0.455. The van der Waals surface area contributed by atoms with Gasteiger partial charge in [0, 0.05) is 42.0 Å². The summed E-state index contributed by atoms with van der Waals surface area (Å²) in [4.78, 5) is 9.44. The molecule has 3 atom stereocenters. The molecule has 1 aromatic heterocycles. The van der Waals surface area contributed by atoms with Gasteiger partial charge in [-0.25, -0.2) is 9.97 Å². The molecule has 1 fully saturated rings. The van der Waals surface area contributed by atoms with Gasteiger partial charge in [0.2, 0.25) is 0 Å². The van der Waals surface area contributed by atoms with Crippen LogP contribution >= 0.6 is 11.9 Å². The van der Waals surface area contributed by atoms with Crippen LogP contribution in [0.25, 0.3) is 0 Å². The minimum atomic E-state index is 0.438. The lowest BCUT2D eigenvalue weighted by molar-refractivity contribution is 0.350. The Labute approximate surface area is 172 Å². The molecule has 4 rings (SSSR count). The number of aromatic nitrogens is 2. The molecule has 0 saturated heterocycles. The van der Waals surface area contributed by atoms with Crippen LogP contribution in [0.5, 0.6) is 0 Å². The molecule has 1 heterocycles. The number of nitrogens with one attached hydrogen (secondary N) is 3. The Morgan fingerprint density at radius 2 is 2.00 bits per heavy atom. The number of hydrogen-bond donors (Lipinski definition) is 3. The summed E-state index contributed by atoms with van der Waals surface area (Å²) in [5, 5.41) is 7.41. The molecule has 0 radical (unpaired) electrons. The normalized spacial score (nSPS) is 23.4. The molecule has 5 nitrogen and oxygen atoms in total. The summed E-state index contributed by atoms with van der Waals surface area (Å²) in [6.07, 6.45) is 11.6. The monoisotopic (exact) mass is 395 g/mol. The van der Waals surface area contributed by atoms with E-state index < -0.39 is 0 Å². The SMILES string of the molecule is CCNSc1ccc(NC2C=C3CC(C)CC2C3)c(NCc2cncnc2)c1. The van der Waals surface area contributed by atoms with E-state index in [1.807, 2.05) is 12.4 Å². The molecule has 1 saturated carbocycles. The van der Waals surface area contributed by atoms with Gasteiger partial charge in [0.15, 0.2) is 0 Å². The third kappa shape index (κ3) is 4.67. The van der Waals surface area contributed by atoms with Crippen molar-refractivity contribution < 1.29 is 0 Å². The van der Waals surface area contributed by atoms with E-state index in [0.29, 0.717) is 12.6 Å². The molecule has 0 aliphatic heterocycles. The number of allylic oxidation sites excluding steroid dienone is 1. The first kappa shape index (κ1) is 19.3. The van der Waals surface area contributed by atoms with E-state index in [1.54, 1.807) is 23.8 Å². The van der Waals surface area contributed by atoms with E-state index in [1.165, 1.54) is 29.8 Å². The van der Waals surface area contributed by atoms with Crippen LogP contribution in [0.1, 0.15) is 38.7 Å². The van der Waals surface area contributed by atoms with Crippen LogP contribution in [0.4, 0.5) is 11.4 Å². The second-order valence-corrected chi connectivity index (χ2v) is 8.88. The van der Waals surface area contributed by atoms with Gasteiger partial charge in [-0.3, -0.25) is 4.72 Å². The summed E-state index contributed by atoms with van der Waals surface area (Å²) in [6, 6.07) is 7.04. The van der Waals surface area contributed by atoms with Crippen LogP contribution in [-0.2, 0) is 6.54 Å². The molecule has 2 aliphatic carbocycles. The second-order valence-electron chi connectivity index (χ2n) is 7.91. The van der Waals surface area contributed by atoms with Crippen molar-refractivity contribution in [2.24, 2.45) is 11.8 Å². The summed E-state index contributed by atoms with van der Waals surface area (Å²) >= 11 is 1.67. The lowest BCUT2D eigenvalue weighted by Gasteiger charge is -2.28. The number of fused-ring (bicyclic) bond motifs is 2. The maximum absolute atomic E-state index is 4.12. The van der Waals surface area contributed by atoms with Crippen molar-refractivity contribution >= 4 is 23.3 Å². The zero-order valence-corrected chi connectivity index (χ0v) is 17.4. The Hall–Kier alpha value is -2.05. The van der Waals surface area contributed by atoms with Crippen molar-refractivity contribution in [3.63, 3.8) is 0 Å². The standard InChI is InChI=1S/C22H29N5S/c1-3-26-28-19-4-5-20(22(10-19)25-13-17-11-23-14-24-12-17)27-21-9-16-6-15(2)7-18(21)8-16/h4-5,9-12,14-15,18,21,25-27H,3,6-8,13H2,1-2H3. The molecule has 2 aromatic rings. The third-order valence-electron chi connectivity index (χ3n) is 5.51. The number of rotatable bonds is 8. The van der Waals surface area contributed by atoms with Crippen LogP contribution in [-0.4, -0.2) is 22.6 Å². The Morgan fingerprint density at radius 1 is 1.14 bits per heavy atom. The quantitative estimate of drug-likeness (QED) is 0.438. The van der Waals surface area contributed by atoms with E-state index in [-0.39, 0.29) is 0 Å². The molecular weight excluding hydrogens is 366 g/mol. The average Bonchev–Trinajstić information content (AvgIpc) is 3.00. The van der Waals surface area contributed by atoms with Gasteiger partial charge >= 0.3 is 0 Å². The highest BCUT2D eigenvalue weighted by Gasteiger charge is 2.33. The highest BCUT2D eigenvalue weighted by Crippen LogP contribution is 2.42. The van der Waals surface area contributed by atoms with E-state index in [2.05, 4.69) is 63.4 Å². The molecule has 3 N–H and O–H groups in total. The van der Waals surface area contributed by atoms with E-state index in [0.717, 1.165) is 29.6 Å². The van der Waals surface area contributed by atoms with Crippen molar-refractivity contribution in [2.75, 3.05) is 17.2 Å². The summed E-state index contributed by atoms with van der Waals surface area (Å²) in [6.45, 7) is 6.13. The van der Waals surface area contributed by atoms with Gasteiger partial charge in [-0.15, -0.1) is 0 Å². The van der Waals surface area contributed by atoms with Gasteiger partial charge in [0.25, 0.3) is 0 Å².